The molecule has 0 aliphatic heterocycles. The number of nitrogens with zero attached hydrogens (tertiary/aromatic N) is 4. The van der Waals surface area contributed by atoms with E-state index >= 15 is 0 Å². The van der Waals surface area contributed by atoms with Gasteiger partial charge in [0, 0.05) is 40.7 Å². The van der Waals surface area contributed by atoms with Gasteiger partial charge in [0.25, 0.3) is 0 Å². The highest BCUT2D eigenvalue weighted by atomic mass is 16.5. The average molecular weight is 385 g/mol. The molecule has 0 radical (unpaired) electrons. The maximum Gasteiger partial charge on any atom is 0.167 e. The SMILES string of the molecule is Nc1ncc(-c2cnn(C3CCCCC3)c2)cc1-c1cc(-c2ccccc2)on1. The van der Waals surface area contributed by atoms with Crippen molar-refractivity contribution in [2.45, 2.75) is 38.1 Å². The molecule has 0 atom stereocenters. The first kappa shape index (κ1) is 17.7. The van der Waals surface area contributed by atoms with Crippen molar-refractivity contribution in [2.24, 2.45) is 0 Å². The summed E-state index contributed by atoms with van der Waals surface area (Å²) in [6, 6.07) is 14.3. The molecule has 1 aliphatic rings. The van der Waals surface area contributed by atoms with Crippen LogP contribution in [0.5, 0.6) is 0 Å². The predicted molar refractivity (Wildman–Crippen MR) is 113 cm³/mol. The lowest BCUT2D eigenvalue weighted by molar-refractivity contribution is 0.329. The highest BCUT2D eigenvalue weighted by Crippen LogP contribution is 2.33. The van der Waals surface area contributed by atoms with E-state index in [4.69, 9.17) is 10.3 Å². The van der Waals surface area contributed by atoms with Crippen LogP contribution in [0.1, 0.15) is 38.1 Å². The Labute approximate surface area is 169 Å². The molecule has 146 valence electrons. The van der Waals surface area contributed by atoms with E-state index in [1.807, 2.05) is 48.7 Å². The molecular formula is C23H23N5O. The number of hydrogen-bond donors (Lipinski definition) is 1. The Morgan fingerprint density at radius 1 is 0.931 bits per heavy atom. The van der Waals surface area contributed by atoms with Crippen molar-refractivity contribution in [3.8, 4) is 33.7 Å². The molecule has 0 amide bonds. The van der Waals surface area contributed by atoms with E-state index in [-0.39, 0.29) is 0 Å². The predicted octanol–water partition coefficient (Wildman–Crippen LogP) is 5.35. The summed E-state index contributed by atoms with van der Waals surface area (Å²) in [7, 11) is 0. The third kappa shape index (κ3) is 3.53. The molecule has 1 aliphatic carbocycles. The third-order valence-electron chi connectivity index (χ3n) is 5.65. The zero-order valence-corrected chi connectivity index (χ0v) is 16.2. The number of benzene rings is 1. The molecule has 1 aromatic carbocycles. The van der Waals surface area contributed by atoms with Crippen LogP contribution >= 0.6 is 0 Å². The minimum atomic E-state index is 0.432. The van der Waals surface area contributed by atoms with E-state index in [0.717, 1.165) is 22.3 Å². The lowest BCUT2D eigenvalue weighted by Crippen LogP contribution is -2.12. The average Bonchev–Trinajstić information content (AvgIpc) is 3.46. The summed E-state index contributed by atoms with van der Waals surface area (Å²) in [5.74, 6) is 1.14. The molecular weight excluding hydrogens is 362 g/mol. The van der Waals surface area contributed by atoms with Gasteiger partial charge in [-0.2, -0.15) is 5.10 Å². The number of aromatic nitrogens is 4. The standard InChI is InChI=1S/C23H23N5O/c24-23-20(21-12-22(29-27-21)16-7-3-1-4-8-16)11-17(13-25-23)18-14-26-28(15-18)19-9-5-2-6-10-19/h1,3-4,7-8,11-15,19H,2,5-6,9-10H2,(H2,24,25). The molecule has 1 saturated carbocycles. The fourth-order valence-electron chi connectivity index (χ4n) is 4.01. The van der Waals surface area contributed by atoms with Crippen LogP contribution < -0.4 is 5.73 Å². The van der Waals surface area contributed by atoms with Gasteiger partial charge in [0.05, 0.1) is 12.2 Å². The Morgan fingerprint density at radius 2 is 1.76 bits per heavy atom. The maximum atomic E-state index is 6.16. The zero-order valence-electron chi connectivity index (χ0n) is 16.2. The first-order valence-electron chi connectivity index (χ1n) is 10.1. The first-order valence-corrected chi connectivity index (χ1v) is 10.1. The molecule has 1 fully saturated rings. The number of anilines is 1. The number of nitrogens with two attached hydrogens (primary N) is 1. The summed E-state index contributed by atoms with van der Waals surface area (Å²) in [4.78, 5) is 4.39. The van der Waals surface area contributed by atoms with Gasteiger partial charge in [-0.3, -0.25) is 4.68 Å². The fourth-order valence-corrected chi connectivity index (χ4v) is 4.01. The zero-order chi connectivity index (χ0) is 19.6. The van der Waals surface area contributed by atoms with Gasteiger partial charge in [-0.25, -0.2) is 4.98 Å². The van der Waals surface area contributed by atoms with Gasteiger partial charge >= 0.3 is 0 Å². The highest BCUT2D eigenvalue weighted by Gasteiger charge is 2.18. The van der Waals surface area contributed by atoms with E-state index in [9.17, 15) is 0 Å². The molecule has 5 rings (SSSR count). The minimum Gasteiger partial charge on any atom is -0.383 e. The number of pyridine rings is 1. The van der Waals surface area contributed by atoms with Crippen LogP contribution in [0.15, 0.2) is 65.6 Å². The van der Waals surface area contributed by atoms with Gasteiger partial charge in [-0.1, -0.05) is 54.8 Å². The van der Waals surface area contributed by atoms with Crippen molar-refractivity contribution < 1.29 is 4.52 Å². The fraction of sp³-hybridized carbons (Fsp3) is 0.261. The normalized spacial score (nSPS) is 14.9. The van der Waals surface area contributed by atoms with Crippen LogP contribution in [0.3, 0.4) is 0 Å². The van der Waals surface area contributed by atoms with E-state index in [2.05, 4.69) is 26.1 Å². The Kier molecular flexibility index (Phi) is 4.60. The Morgan fingerprint density at radius 3 is 2.59 bits per heavy atom. The van der Waals surface area contributed by atoms with Gasteiger partial charge in [0.15, 0.2) is 5.76 Å². The second-order valence-corrected chi connectivity index (χ2v) is 7.60. The summed E-state index contributed by atoms with van der Waals surface area (Å²) >= 11 is 0. The van der Waals surface area contributed by atoms with Gasteiger partial charge in [0.2, 0.25) is 0 Å². The molecule has 0 unspecified atom stereocenters. The van der Waals surface area contributed by atoms with Crippen molar-refractivity contribution >= 4 is 5.82 Å². The van der Waals surface area contributed by atoms with E-state index in [1.54, 1.807) is 6.20 Å². The third-order valence-corrected chi connectivity index (χ3v) is 5.65. The van der Waals surface area contributed by atoms with Crippen LogP contribution in [0.4, 0.5) is 5.82 Å². The lowest BCUT2D eigenvalue weighted by atomic mass is 9.96. The number of rotatable bonds is 4. The molecule has 6 nitrogen and oxygen atoms in total. The highest BCUT2D eigenvalue weighted by molar-refractivity contribution is 5.78. The van der Waals surface area contributed by atoms with Gasteiger partial charge in [0.1, 0.15) is 11.5 Å². The van der Waals surface area contributed by atoms with Crippen LogP contribution in [0.25, 0.3) is 33.7 Å². The molecule has 4 aromatic rings. The second-order valence-electron chi connectivity index (χ2n) is 7.60. The molecule has 0 saturated heterocycles. The lowest BCUT2D eigenvalue weighted by Gasteiger charge is -2.21. The number of hydrogen-bond acceptors (Lipinski definition) is 5. The first-order chi connectivity index (χ1) is 14.3. The summed E-state index contributed by atoms with van der Waals surface area (Å²) < 4.78 is 7.64. The van der Waals surface area contributed by atoms with E-state index in [0.29, 0.717) is 23.3 Å². The van der Waals surface area contributed by atoms with Crippen LogP contribution in [0.2, 0.25) is 0 Å². The molecule has 2 N–H and O–H groups in total. The monoisotopic (exact) mass is 385 g/mol. The van der Waals surface area contributed by atoms with E-state index < -0.39 is 0 Å². The van der Waals surface area contributed by atoms with Crippen molar-refractivity contribution in [1.29, 1.82) is 0 Å². The molecule has 0 spiro atoms. The quantitative estimate of drug-likeness (QED) is 0.512. The smallest absolute Gasteiger partial charge is 0.167 e. The topological polar surface area (TPSA) is 82.8 Å². The largest absolute Gasteiger partial charge is 0.383 e. The van der Waals surface area contributed by atoms with Crippen molar-refractivity contribution in [3.05, 3.63) is 61.1 Å². The Balaban J connectivity index is 1.45. The van der Waals surface area contributed by atoms with Crippen molar-refractivity contribution in [1.82, 2.24) is 19.9 Å². The second kappa shape index (κ2) is 7.54. The van der Waals surface area contributed by atoms with Crippen LogP contribution in [0, 0.1) is 0 Å². The van der Waals surface area contributed by atoms with Crippen molar-refractivity contribution in [2.75, 3.05) is 5.73 Å². The van der Waals surface area contributed by atoms with Gasteiger partial charge < -0.3 is 10.3 Å². The van der Waals surface area contributed by atoms with Crippen LogP contribution in [-0.2, 0) is 0 Å². The molecule has 3 heterocycles. The summed E-state index contributed by atoms with van der Waals surface area (Å²) in [5, 5.41) is 8.83. The minimum absolute atomic E-state index is 0.432. The van der Waals surface area contributed by atoms with Gasteiger partial charge in [-0.15, -0.1) is 0 Å². The molecule has 0 bridgehead atoms. The summed E-state index contributed by atoms with van der Waals surface area (Å²) in [5.41, 5.74) is 10.6. The Bertz CT molecular complexity index is 1110. The molecule has 6 heteroatoms. The summed E-state index contributed by atoms with van der Waals surface area (Å²) in [6.45, 7) is 0. The maximum absolute atomic E-state index is 6.16. The van der Waals surface area contributed by atoms with Crippen molar-refractivity contribution in [3.63, 3.8) is 0 Å². The number of nitrogen functional groups attached to an aromatic ring is 1. The van der Waals surface area contributed by atoms with Gasteiger partial charge in [-0.05, 0) is 18.9 Å². The Hall–Kier alpha value is -3.41. The van der Waals surface area contributed by atoms with E-state index in [1.165, 1.54) is 32.1 Å². The molecule has 3 aromatic heterocycles. The summed E-state index contributed by atoms with van der Waals surface area (Å²) in [6.07, 6.45) is 12.1. The van der Waals surface area contributed by atoms with Crippen LogP contribution in [-0.4, -0.2) is 19.9 Å². The molecule has 29 heavy (non-hydrogen) atoms.